The molecule has 2 rings (SSSR count). The van der Waals surface area contributed by atoms with E-state index < -0.39 is 0 Å². The van der Waals surface area contributed by atoms with Gasteiger partial charge in [-0.25, -0.2) is 4.39 Å². The normalized spacial score (nSPS) is 10.4. The molecular formula is C16H15ClFNOS. The molecule has 0 spiro atoms. The van der Waals surface area contributed by atoms with Crippen LogP contribution >= 0.6 is 23.4 Å². The van der Waals surface area contributed by atoms with Gasteiger partial charge in [0, 0.05) is 28.6 Å². The van der Waals surface area contributed by atoms with Crippen LogP contribution < -0.4 is 5.32 Å². The third-order valence-corrected chi connectivity index (χ3v) is 4.00. The quantitative estimate of drug-likeness (QED) is 0.778. The monoisotopic (exact) mass is 323 g/mol. The third-order valence-electron chi connectivity index (χ3n) is 2.74. The van der Waals surface area contributed by atoms with E-state index in [-0.39, 0.29) is 11.7 Å². The molecule has 0 fully saturated rings. The number of carbonyl (C=O) groups is 1. The number of rotatable bonds is 6. The van der Waals surface area contributed by atoms with Gasteiger partial charge in [-0.3, -0.25) is 4.79 Å². The van der Waals surface area contributed by atoms with Gasteiger partial charge in [0.15, 0.2) is 0 Å². The van der Waals surface area contributed by atoms with Crippen molar-refractivity contribution >= 4 is 35.0 Å². The molecule has 2 aromatic carbocycles. The van der Waals surface area contributed by atoms with E-state index in [1.807, 2.05) is 24.3 Å². The van der Waals surface area contributed by atoms with Crippen LogP contribution in [0, 0.1) is 5.82 Å². The number of amides is 1. The van der Waals surface area contributed by atoms with Crippen molar-refractivity contribution in [2.45, 2.75) is 12.2 Å². The number of anilines is 1. The van der Waals surface area contributed by atoms with E-state index in [4.69, 9.17) is 11.6 Å². The molecule has 0 aliphatic carbocycles. The maximum absolute atomic E-state index is 13.0. The number of hydrogen-bond acceptors (Lipinski definition) is 2. The van der Waals surface area contributed by atoms with Gasteiger partial charge in [-0.15, -0.1) is 0 Å². The minimum atomic E-state index is -0.358. The molecule has 0 unspecified atom stereocenters. The van der Waals surface area contributed by atoms with E-state index in [9.17, 15) is 9.18 Å². The molecule has 0 aliphatic heterocycles. The maximum Gasteiger partial charge on any atom is 0.225 e. The Morgan fingerprint density at radius 1 is 1.19 bits per heavy atom. The second kappa shape index (κ2) is 8.05. The van der Waals surface area contributed by atoms with Crippen molar-refractivity contribution in [1.82, 2.24) is 0 Å². The highest BCUT2D eigenvalue weighted by molar-refractivity contribution is 7.98. The molecule has 0 bridgehead atoms. The molecule has 0 radical (unpaired) electrons. The van der Waals surface area contributed by atoms with Crippen molar-refractivity contribution in [3.63, 3.8) is 0 Å². The zero-order chi connectivity index (χ0) is 15.1. The van der Waals surface area contributed by atoms with E-state index in [0.29, 0.717) is 17.9 Å². The summed E-state index contributed by atoms with van der Waals surface area (Å²) in [5.41, 5.74) is 1.62. The Hall–Kier alpha value is -1.52. The third kappa shape index (κ3) is 5.78. The first-order valence-corrected chi connectivity index (χ1v) is 8.04. The van der Waals surface area contributed by atoms with Crippen LogP contribution in [0.4, 0.5) is 10.1 Å². The molecule has 21 heavy (non-hydrogen) atoms. The van der Waals surface area contributed by atoms with Gasteiger partial charge < -0.3 is 5.32 Å². The van der Waals surface area contributed by atoms with Gasteiger partial charge in [-0.05, 0) is 35.9 Å². The van der Waals surface area contributed by atoms with E-state index in [2.05, 4.69) is 5.32 Å². The van der Waals surface area contributed by atoms with Crippen LogP contribution in [0.1, 0.15) is 12.0 Å². The minimum absolute atomic E-state index is 0.112. The smallest absolute Gasteiger partial charge is 0.225 e. The predicted molar refractivity (Wildman–Crippen MR) is 87.3 cm³/mol. The summed E-state index contributed by atoms with van der Waals surface area (Å²) in [6.45, 7) is 0. The number of carbonyl (C=O) groups excluding carboxylic acids is 1. The van der Waals surface area contributed by atoms with Gasteiger partial charge in [-0.2, -0.15) is 11.8 Å². The summed E-state index contributed by atoms with van der Waals surface area (Å²) in [4.78, 5) is 11.7. The Labute approximate surface area is 132 Å². The lowest BCUT2D eigenvalue weighted by atomic mass is 10.2. The average Bonchev–Trinajstić information content (AvgIpc) is 2.44. The Morgan fingerprint density at radius 3 is 2.76 bits per heavy atom. The summed E-state index contributed by atoms with van der Waals surface area (Å²) in [6.07, 6.45) is 0.391. The lowest BCUT2D eigenvalue weighted by molar-refractivity contribution is -0.115. The summed E-state index contributed by atoms with van der Waals surface area (Å²) in [5, 5.41) is 3.40. The fourth-order valence-electron chi connectivity index (χ4n) is 1.77. The Balaban J connectivity index is 1.70. The van der Waals surface area contributed by atoms with Gasteiger partial charge in [0.1, 0.15) is 5.82 Å². The molecule has 2 aromatic rings. The zero-order valence-electron chi connectivity index (χ0n) is 11.3. The van der Waals surface area contributed by atoms with E-state index >= 15 is 0 Å². The van der Waals surface area contributed by atoms with Crippen LogP contribution in [0.2, 0.25) is 5.02 Å². The highest BCUT2D eigenvalue weighted by atomic mass is 35.5. The Kier molecular flexibility index (Phi) is 6.08. The lowest BCUT2D eigenvalue weighted by Crippen LogP contribution is -2.12. The number of nitrogens with one attached hydrogen (secondary N) is 1. The summed E-state index contributed by atoms with van der Waals surface area (Å²) < 4.78 is 13.0. The topological polar surface area (TPSA) is 29.1 Å². The fourth-order valence-corrected chi connectivity index (χ4v) is 2.87. The minimum Gasteiger partial charge on any atom is -0.326 e. The van der Waals surface area contributed by atoms with Gasteiger partial charge in [0.25, 0.3) is 0 Å². The second-order valence-corrected chi connectivity index (χ2v) is 6.03. The molecule has 0 aliphatic rings. The summed E-state index contributed by atoms with van der Waals surface area (Å²) >= 11 is 7.57. The van der Waals surface area contributed by atoms with Crippen LogP contribution in [-0.4, -0.2) is 11.7 Å². The first-order chi connectivity index (χ1) is 10.1. The summed E-state index contributed by atoms with van der Waals surface area (Å²) in [5.74, 6) is 1.05. The lowest BCUT2D eigenvalue weighted by Gasteiger charge is -2.05. The van der Waals surface area contributed by atoms with Crippen molar-refractivity contribution in [2.75, 3.05) is 11.1 Å². The molecule has 0 saturated heterocycles. The van der Waals surface area contributed by atoms with Crippen LogP contribution in [0.5, 0.6) is 0 Å². The number of thioether (sulfide) groups is 1. The molecule has 5 heteroatoms. The Morgan fingerprint density at radius 2 is 2.00 bits per heavy atom. The summed E-state index contributed by atoms with van der Waals surface area (Å²) in [7, 11) is 0. The van der Waals surface area contributed by atoms with Crippen LogP contribution in [0.25, 0.3) is 0 Å². The van der Waals surface area contributed by atoms with Crippen LogP contribution in [-0.2, 0) is 10.5 Å². The van der Waals surface area contributed by atoms with Gasteiger partial charge in [-0.1, -0.05) is 29.8 Å². The number of halogens is 2. The van der Waals surface area contributed by atoms with Gasteiger partial charge >= 0.3 is 0 Å². The van der Waals surface area contributed by atoms with Crippen molar-refractivity contribution in [3.8, 4) is 0 Å². The van der Waals surface area contributed by atoms with Crippen LogP contribution in [0.3, 0.4) is 0 Å². The van der Waals surface area contributed by atoms with E-state index in [1.54, 1.807) is 23.9 Å². The molecule has 0 aromatic heterocycles. The number of hydrogen-bond donors (Lipinski definition) is 1. The number of benzene rings is 2. The molecule has 2 nitrogen and oxygen atoms in total. The summed E-state index contributed by atoms with van der Waals surface area (Å²) in [6, 6.07) is 13.6. The average molecular weight is 324 g/mol. The molecule has 1 amide bonds. The van der Waals surface area contributed by atoms with Gasteiger partial charge in [0.05, 0.1) is 0 Å². The molecule has 110 valence electrons. The molecule has 0 atom stereocenters. The zero-order valence-corrected chi connectivity index (χ0v) is 12.9. The highest BCUT2D eigenvalue weighted by Crippen LogP contribution is 2.17. The standard InChI is InChI=1S/C16H15ClFNOS/c17-13-4-1-3-12(9-13)11-21-8-7-16(20)19-15-6-2-5-14(18)10-15/h1-6,9-10H,7-8,11H2,(H,19,20). The first-order valence-electron chi connectivity index (χ1n) is 6.51. The van der Waals surface area contributed by atoms with Crippen molar-refractivity contribution in [3.05, 3.63) is 64.9 Å². The molecule has 0 saturated carbocycles. The van der Waals surface area contributed by atoms with E-state index in [1.165, 1.54) is 12.1 Å². The molecule has 0 heterocycles. The maximum atomic E-state index is 13.0. The van der Waals surface area contributed by atoms with Crippen LogP contribution in [0.15, 0.2) is 48.5 Å². The Bertz CT molecular complexity index is 621. The SMILES string of the molecule is O=C(CCSCc1cccc(Cl)c1)Nc1cccc(F)c1. The molecular weight excluding hydrogens is 309 g/mol. The molecule has 1 N–H and O–H groups in total. The fraction of sp³-hybridized carbons (Fsp3) is 0.188. The first kappa shape index (κ1) is 15.9. The van der Waals surface area contributed by atoms with Crippen molar-refractivity contribution in [2.24, 2.45) is 0 Å². The largest absolute Gasteiger partial charge is 0.326 e. The second-order valence-electron chi connectivity index (χ2n) is 4.49. The van der Waals surface area contributed by atoms with Crippen molar-refractivity contribution in [1.29, 1.82) is 0 Å². The highest BCUT2D eigenvalue weighted by Gasteiger charge is 2.03. The van der Waals surface area contributed by atoms with E-state index in [0.717, 1.165) is 16.3 Å². The van der Waals surface area contributed by atoms with Crippen molar-refractivity contribution < 1.29 is 9.18 Å². The predicted octanol–water partition coefficient (Wildman–Crippen LogP) is 4.74. The van der Waals surface area contributed by atoms with Gasteiger partial charge in [0.2, 0.25) is 5.91 Å².